The molecule has 4 heterocycles. The standard InChI is InChI=1S/C19H24N6O3/c1-19(2,3)28-18(27)25-10-12-7-13(25)9-24(12)17-22-15(8-16(26)23(17)4)14-5-6-20-11-21-14/h5-6,8,11-13H,7,9-10H2,1-4H3/t12?,13-/m1/s1. The van der Waals surface area contributed by atoms with Crippen molar-refractivity contribution in [2.24, 2.45) is 7.05 Å². The van der Waals surface area contributed by atoms with Gasteiger partial charge in [-0.3, -0.25) is 9.36 Å². The molecular weight excluding hydrogens is 360 g/mol. The summed E-state index contributed by atoms with van der Waals surface area (Å²) in [5.41, 5.74) is 0.460. The van der Waals surface area contributed by atoms with Crippen LogP contribution in [0.2, 0.25) is 0 Å². The molecule has 2 aromatic heterocycles. The van der Waals surface area contributed by atoms with E-state index in [4.69, 9.17) is 9.72 Å². The third kappa shape index (κ3) is 3.32. The molecule has 1 unspecified atom stereocenters. The minimum Gasteiger partial charge on any atom is -0.444 e. The Morgan fingerprint density at radius 1 is 1.21 bits per heavy atom. The van der Waals surface area contributed by atoms with Gasteiger partial charge in [0.05, 0.1) is 23.5 Å². The van der Waals surface area contributed by atoms with Gasteiger partial charge in [-0.05, 0) is 33.3 Å². The quantitative estimate of drug-likeness (QED) is 0.773. The van der Waals surface area contributed by atoms with Crippen LogP contribution in [-0.2, 0) is 11.8 Å². The van der Waals surface area contributed by atoms with Crippen LogP contribution in [0.25, 0.3) is 11.4 Å². The zero-order valence-electron chi connectivity index (χ0n) is 16.5. The Morgan fingerprint density at radius 2 is 2.00 bits per heavy atom. The molecule has 2 aromatic rings. The van der Waals surface area contributed by atoms with Gasteiger partial charge in [0.25, 0.3) is 5.56 Å². The smallest absolute Gasteiger partial charge is 0.410 e. The fourth-order valence-electron chi connectivity index (χ4n) is 3.81. The molecule has 2 saturated heterocycles. The summed E-state index contributed by atoms with van der Waals surface area (Å²) in [5, 5.41) is 0. The van der Waals surface area contributed by atoms with Crippen LogP contribution in [0.1, 0.15) is 27.2 Å². The molecule has 9 nitrogen and oxygen atoms in total. The highest BCUT2D eigenvalue weighted by Gasteiger charge is 2.47. The van der Waals surface area contributed by atoms with Crippen molar-refractivity contribution in [3.05, 3.63) is 35.0 Å². The number of fused-ring (bicyclic) bond motifs is 2. The van der Waals surface area contributed by atoms with E-state index in [1.807, 2.05) is 20.8 Å². The minimum atomic E-state index is -0.518. The normalized spacial score (nSPS) is 21.3. The first-order valence-electron chi connectivity index (χ1n) is 9.33. The zero-order chi connectivity index (χ0) is 20.1. The van der Waals surface area contributed by atoms with E-state index in [9.17, 15) is 9.59 Å². The lowest BCUT2D eigenvalue weighted by atomic mass is 10.2. The summed E-state index contributed by atoms with van der Waals surface area (Å²) in [4.78, 5) is 41.7. The molecule has 9 heteroatoms. The van der Waals surface area contributed by atoms with Crippen LogP contribution >= 0.6 is 0 Å². The maximum Gasteiger partial charge on any atom is 0.410 e. The van der Waals surface area contributed by atoms with Crippen LogP contribution in [0.15, 0.2) is 29.5 Å². The predicted molar refractivity (Wildman–Crippen MR) is 103 cm³/mol. The summed E-state index contributed by atoms with van der Waals surface area (Å²) in [7, 11) is 1.71. The second kappa shape index (κ2) is 6.57. The highest BCUT2D eigenvalue weighted by atomic mass is 16.6. The fraction of sp³-hybridized carbons (Fsp3) is 0.526. The van der Waals surface area contributed by atoms with E-state index in [0.29, 0.717) is 30.4 Å². The molecule has 0 radical (unpaired) electrons. The lowest BCUT2D eigenvalue weighted by Crippen LogP contribution is -2.51. The lowest BCUT2D eigenvalue weighted by Gasteiger charge is -2.36. The van der Waals surface area contributed by atoms with Crippen molar-refractivity contribution in [3.8, 4) is 11.4 Å². The highest BCUT2D eigenvalue weighted by molar-refractivity contribution is 5.70. The molecule has 0 aliphatic carbocycles. The number of anilines is 1. The Hall–Kier alpha value is -2.97. The van der Waals surface area contributed by atoms with Crippen molar-refractivity contribution >= 4 is 12.0 Å². The van der Waals surface area contributed by atoms with Crippen LogP contribution in [0.4, 0.5) is 10.7 Å². The largest absolute Gasteiger partial charge is 0.444 e. The Morgan fingerprint density at radius 3 is 2.61 bits per heavy atom. The van der Waals surface area contributed by atoms with Gasteiger partial charge in [0, 0.05) is 32.4 Å². The minimum absolute atomic E-state index is 0.0551. The van der Waals surface area contributed by atoms with E-state index in [1.165, 1.54) is 12.4 Å². The third-order valence-electron chi connectivity index (χ3n) is 5.08. The molecule has 1 amide bonds. The number of likely N-dealkylation sites (tertiary alicyclic amines) is 1. The van der Waals surface area contributed by atoms with Gasteiger partial charge in [-0.2, -0.15) is 0 Å². The van der Waals surface area contributed by atoms with Crippen LogP contribution in [0.5, 0.6) is 0 Å². The van der Waals surface area contributed by atoms with Gasteiger partial charge in [0.2, 0.25) is 5.95 Å². The number of nitrogens with zero attached hydrogens (tertiary/aromatic N) is 6. The molecule has 4 rings (SSSR count). The lowest BCUT2D eigenvalue weighted by molar-refractivity contribution is 0.0214. The van der Waals surface area contributed by atoms with E-state index in [1.54, 1.807) is 28.8 Å². The molecular formula is C19H24N6O3. The van der Waals surface area contributed by atoms with Crippen LogP contribution in [0.3, 0.4) is 0 Å². The molecule has 0 spiro atoms. The zero-order valence-corrected chi connectivity index (χ0v) is 16.5. The summed E-state index contributed by atoms with van der Waals surface area (Å²) < 4.78 is 7.06. The summed E-state index contributed by atoms with van der Waals surface area (Å²) in [6.07, 6.45) is 3.62. The first kappa shape index (κ1) is 18.4. The Bertz CT molecular complexity index is 952. The molecule has 2 aliphatic heterocycles. The first-order valence-corrected chi connectivity index (χ1v) is 9.33. The van der Waals surface area contributed by atoms with Crippen LogP contribution in [0, 0.1) is 0 Å². The number of hydrogen-bond acceptors (Lipinski definition) is 7. The first-order chi connectivity index (χ1) is 13.2. The van der Waals surface area contributed by atoms with E-state index in [-0.39, 0.29) is 23.7 Å². The average Bonchev–Trinajstić information content (AvgIpc) is 3.24. The number of hydrogen-bond donors (Lipinski definition) is 0. The average molecular weight is 384 g/mol. The number of amides is 1. The van der Waals surface area contributed by atoms with E-state index in [0.717, 1.165) is 6.42 Å². The van der Waals surface area contributed by atoms with Crippen LogP contribution in [-0.4, -0.2) is 61.3 Å². The number of rotatable bonds is 2. The molecule has 2 fully saturated rings. The topological polar surface area (TPSA) is 93.4 Å². The van der Waals surface area contributed by atoms with Crippen molar-refractivity contribution in [1.82, 2.24) is 24.4 Å². The number of ether oxygens (including phenoxy) is 1. The summed E-state index contributed by atoms with van der Waals surface area (Å²) >= 11 is 0. The van der Waals surface area contributed by atoms with Crippen molar-refractivity contribution in [2.75, 3.05) is 18.0 Å². The van der Waals surface area contributed by atoms with Gasteiger partial charge in [-0.1, -0.05) is 0 Å². The Balaban J connectivity index is 1.58. The molecule has 0 N–H and O–H groups in total. The predicted octanol–water partition coefficient (Wildman–Crippen LogP) is 1.44. The van der Waals surface area contributed by atoms with Crippen molar-refractivity contribution < 1.29 is 9.53 Å². The molecule has 2 bridgehead atoms. The van der Waals surface area contributed by atoms with Crippen LogP contribution < -0.4 is 10.5 Å². The van der Waals surface area contributed by atoms with E-state index >= 15 is 0 Å². The number of carbonyl (C=O) groups is 1. The van der Waals surface area contributed by atoms with Crippen molar-refractivity contribution in [1.29, 1.82) is 0 Å². The van der Waals surface area contributed by atoms with Gasteiger partial charge in [-0.15, -0.1) is 0 Å². The molecule has 0 aromatic carbocycles. The fourth-order valence-corrected chi connectivity index (χ4v) is 3.81. The summed E-state index contributed by atoms with van der Waals surface area (Å²) in [6, 6.07) is 3.37. The molecule has 0 saturated carbocycles. The van der Waals surface area contributed by atoms with Gasteiger partial charge < -0.3 is 14.5 Å². The second-order valence-corrected chi connectivity index (χ2v) is 8.26. The SMILES string of the molecule is Cn1c(N2C[C@H]3CC2CN3C(=O)OC(C)(C)C)nc(-c2ccncn2)cc1=O. The van der Waals surface area contributed by atoms with Gasteiger partial charge in [-0.25, -0.2) is 19.7 Å². The molecule has 28 heavy (non-hydrogen) atoms. The second-order valence-electron chi connectivity index (χ2n) is 8.26. The van der Waals surface area contributed by atoms with Crippen molar-refractivity contribution in [2.45, 2.75) is 44.9 Å². The molecule has 148 valence electrons. The van der Waals surface area contributed by atoms with Gasteiger partial charge >= 0.3 is 6.09 Å². The van der Waals surface area contributed by atoms with E-state index < -0.39 is 5.60 Å². The Labute approximate surface area is 163 Å². The maximum atomic E-state index is 12.5. The summed E-state index contributed by atoms with van der Waals surface area (Å²) in [6.45, 7) is 6.78. The highest BCUT2D eigenvalue weighted by Crippen LogP contribution is 2.34. The number of carbonyl (C=O) groups excluding carboxylic acids is 1. The van der Waals surface area contributed by atoms with Crippen molar-refractivity contribution in [3.63, 3.8) is 0 Å². The monoisotopic (exact) mass is 384 g/mol. The number of piperazine rings is 1. The third-order valence-corrected chi connectivity index (χ3v) is 5.08. The Kier molecular flexibility index (Phi) is 4.32. The molecule has 2 atom stereocenters. The van der Waals surface area contributed by atoms with E-state index in [2.05, 4.69) is 14.9 Å². The van der Waals surface area contributed by atoms with Gasteiger partial charge in [0.15, 0.2) is 0 Å². The summed E-state index contributed by atoms with van der Waals surface area (Å²) in [5.74, 6) is 0.595. The molecule has 2 aliphatic rings. The maximum absolute atomic E-state index is 12.5. The number of aromatic nitrogens is 4. The van der Waals surface area contributed by atoms with Gasteiger partial charge in [0.1, 0.15) is 11.9 Å².